The van der Waals surface area contributed by atoms with Gasteiger partial charge < -0.3 is 15.5 Å². The Bertz CT molecular complexity index is 514. The highest BCUT2D eigenvalue weighted by Crippen LogP contribution is 2.43. The lowest BCUT2D eigenvalue weighted by molar-refractivity contribution is 0.402. The third-order valence-electron chi connectivity index (χ3n) is 3.03. The van der Waals surface area contributed by atoms with Crippen molar-refractivity contribution in [2.75, 3.05) is 7.11 Å². The first-order valence-corrected chi connectivity index (χ1v) is 5.04. The van der Waals surface area contributed by atoms with E-state index in [-0.39, 0.29) is 5.54 Å². The summed E-state index contributed by atoms with van der Waals surface area (Å²) in [6.07, 6.45) is 3.85. The minimum Gasteiger partial charge on any atom is -0.479 e. The number of ether oxygens (including phenoxy) is 1. The predicted octanol–water partition coefficient (Wildman–Crippen LogP) is 1.52. The average Bonchev–Trinajstić information content (AvgIpc) is 2.84. The molecule has 1 fully saturated rings. The van der Waals surface area contributed by atoms with E-state index < -0.39 is 0 Å². The molecule has 0 spiro atoms. The Labute approximate surface area is 87.4 Å². The molecule has 2 aromatic heterocycles. The summed E-state index contributed by atoms with van der Waals surface area (Å²) < 4.78 is 5.19. The topological polar surface area (TPSA) is 63.9 Å². The minimum absolute atomic E-state index is 0.135. The van der Waals surface area contributed by atoms with Crippen molar-refractivity contribution in [2.24, 2.45) is 5.73 Å². The van der Waals surface area contributed by atoms with Gasteiger partial charge in [-0.3, -0.25) is 0 Å². The summed E-state index contributed by atoms with van der Waals surface area (Å²) >= 11 is 0. The molecular weight excluding hydrogens is 190 g/mol. The van der Waals surface area contributed by atoms with Gasteiger partial charge in [0.2, 0.25) is 5.88 Å². The van der Waals surface area contributed by atoms with Crippen molar-refractivity contribution >= 4 is 10.9 Å². The molecule has 0 saturated heterocycles. The third kappa shape index (κ3) is 1.22. The first-order valence-electron chi connectivity index (χ1n) is 5.04. The molecule has 2 heterocycles. The van der Waals surface area contributed by atoms with Crippen LogP contribution in [0.2, 0.25) is 0 Å². The van der Waals surface area contributed by atoms with Gasteiger partial charge in [0.05, 0.1) is 12.6 Å². The van der Waals surface area contributed by atoms with E-state index in [2.05, 4.69) is 16.0 Å². The van der Waals surface area contributed by atoms with E-state index in [9.17, 15) is 0 Å². The van der Waals surface area contributed by atoms with E-state index in [1.807, 2.05) is 6.07 Å². The van der Waals surface area contributed by atoms with Gasteiger partial charge in [-0.25, -0.2) is 4.98 Å². The van der Waals surface area contributed by atoms with Crippen molar-refractivity contribution < 1.29 is 4.74 Å². The van der Waals surface area contributed by atoms with Crippen LogP contribution in [-0.4, -0.2) is 17.1 Å². The zero-order valence-corrected chi connectivity index (χ0v) is 8.58. The molecule has 1 saturated carbocycles. The number of H-pyrrole nitrogens is 1. The number of hydrogen-bond acceptors (Lipinski definition) is 3. The zero-order chi connectivity index (χ0) is 10.5. The standard InChI is InChI=1S/C11H13N3O/c1-15-10-9-7(2-5-13-10)6-8(14-9)11(12)3-4-11/h2,5-6,14H,3-4,12H2,1H3. The number of nitrogens with one attached hydrogen (secondary N) is 1. The molecule has 78 valence electrons. The van der Waals surface area contributed by atoms with Crippen molar-refractivity contribution in [2.45, 2.75) is 18.4 Å². The van der Waals surface area contributed by atoms with Gasteiger partial charge in [-0.15, -0.1) is 0 Å². The molecule has 0 aromatic carbocycles. The first-order chi connectivity index (χ1) is 7.23. The molecule has 0 bridgehead atoms. The summed E-state index contributed by atoms with van der Waals surface area (Å²) in [5, 5.41) is 1.11. The van der Waals surface area contributed by atoms with Crippen LogP contribution in [0.25, 0.3) is 10.9 Å². The second-order valence-electron chi connectivity index (χ2n) is 4.12. The summed E-state index contributed by atoms with van der Waals surface area (Å²) in [4.78, 5) is 7.45. The highest BCUT2D eigenvalue weighted by atomic mass is 16.5. The van der Waals surface area contributed by atoms with Crippen LogP contribution in [-0.2, 0) is 5.54 Å². The monoisotopic (exact) mass is 203 g/mol. The molecule has 1 aliphatic carbocycles. The maximum Gasteiger partial charge on any atom is 0.238 e. The van der Waals surface area contributed by atoms with Crippen LogP contribution >= 0.6 is 0 Å². The summed E-state index contributed by atoms with van der Waals surface area (Å²) in [7, 11) is 1.62. The van der Waals surface area contributed by atoms with Crippen LogP contribution < -0.4 is 10.5 Å². The Kier molecular flexibility index (Phi) is 1.59. The van der Waals surface area contributed by atoms with Gasteiger partial charge in [0.25, 0.3) is 0 Å². The number of aromatic nitrogens is 2. The van der Waals surface area contributed by atoms with Gasteiger partial charge >= 0.3 is 0 Å². The van der Waals surface area contributed by atoms with Crippen LogP contribution in [0, 0.1) is 0 Å². The van der Waals surface area contributed by atoms with Gasteiger partial charge in [-0.05, 0) is 25.0 Å². The molecule has 0 aliphatic heterocycles. The Hall–Kier alpha value is -1.55. The molecular formula is C11H13N3O. The van der Waals surface area contributed by atoms with E-state index in [1.165, 1.54) is 0 Å². The predicted molar refractivity (Wildman–Crippen MR) is 57.7 cm³/mol. The Morgan fingerprint density at radius 2 is 2.33 bits per heavy atom. The first kappa shape index (κ1) is 8.73. The molecule has 1 aliphatic rings. The average molecular weight is 203 g/mol. The van der Waals surface area contributed by atoms with Crippen LogP contribution in [0.1, 0.15) is 18.5 Å². The fourth-order valence-corrected chi connectivity index (χ4v) is 1.86. The summed E-state index contributed by atoms with van der Waals surface area (Å²) in [5.74, 6) is 0.628. The fourth-order valence-electron chi connectivity index (χ4n) is 1.86. The van der Waals surface area contributed by atoms with Gasteiger partial charge in [-0.1, -0.05) is 0 Å². The number of nitrogens with two attached hydrogens (primary N) is 1. The lowest BCUT2D eigenvalue weighted by Gasteiger charge is -2.03. The maximum absolute atomic E-state index is 6.13. The molecule has 0 radical (unpaired) electrons. The molecule has 15 heavy (non-hydrogen) atoms. The van der Waals surface area contributed by atoms with Crippen molar-refractivity contribution in [3.63, 3.8) is 0 Å². The number of fused-ring (bicyclic) bond motifs is 1. The molecule has 4 heteroatoms. The number of pyridine rings is 1. The van der Waals surface area contributed by atoms with Gasteiger partial charge in [-0.2, -0.15) is 0 Å². The van der Waals surface area contributed by atoms with E-state index in [4.69, 9.17) is 10.5 Å². The van der Waals surface area contributed by atoms with E-state index in [1.54, 1.807) is 13.3 Å². The summed E-state index contributed by atoms with van der Waals surface area (Å²) in [5.41, 5.74) is 8.02. The number of aromatic amines is 1. The Morgan fingerprint density at radius 1 is 1.53 bits per heavy atom. The molecule has 0 atom stereocenters. The van der Waals surface area contributed by atoms with E-state index >= 15 is 0 Å². The molecule has 3 rings (SSSR count). The fraction of sp³-hybridized carbons (Fsp3) is 0.364. The van der Waals surface area contributed by atoms with E-state index in [0.717, 1.165) is 29.4 Å². The quantitative estimate of drug-likeness (QED) is 0.777. The lowest BCUT2D eigenvalue weighted by atomic mass is 10.2. The Morgan fingerprint density at radius 3 is 3.00 bits per heavy atom. The number of rotatable bonds is 2. The van der Waals surface area contributed by atoms with Crippen molar-refractivity contribution in [1.82, 2.24) is 9.97 Å². The minimum atomic E-state index is -0.135. The van der Waals surface area contributed by atoms with Crippen molar-refractivity contribution in [3.05, 3.63) is 24.0 Å². The summed E-state index contributed by atoms with van der Waals surface area (Å²) in [6, 6.07) is 4.05. The molecule has 0 amide bonds. The van der Waals surface area contributed by atoms with Gasteiger partial charge in [0.1, 0.15) is 5.52 Å². The second-order valence-corrected chi connectivity index (χ2v) is 4.12. The van der Waals surface area contributed by atoms with Crippen LogP contribution in [0.15, 0.2) is 18.3 Å². The SMILES string of the molecule is COc1nccc2cc(C3(N)CC3)[nH]c12. The zero-order valence-electron chi connectivity index (χ0n) is 8.58. The van der Waals surface area contributed by atoms with Crippen molar-refractivity contribution in [1.29, 1.82) is 0 Å². The number of nitrogens with zero attached hydrogens (tertiary/aromatic N) is 1. The molecule has 2 aromatic rings. The number of methoxy groups -OCH3 is 1. The Balaban J connectivity index is 2.21. The molecule has 0 unspecified atom stereocenters. The molecule has 3 N–H and O–H groups in total. The van der Waals surface area contributed by atoms with Crippen LogP contribution in [0.4, 0.5) is 0 Å². The normalized spacial score (nSPS) is 18.0. The van der Waals surface area contributed by atoms with Crippen LogP contribution in [0.3, 0.4) is 0 Å². The van der Waals surface area contributed by atoms with Crippen molar-refractivity contribution in [3.8, 4) is 5.88 Å². The summed E-state index contributed by atoms with van der Waals surface area (Å²) in [6.45, 7) is 0. The smallest absolute Gasteiger partial charge is 0.238 e. The second kappa shape index (κ2) is 2.73. The molecule has 4 nitrogen and oxygen atoms in total. The third-order valence-corrected chi connectivity index (χ3v) is 3.03. The highest BCUT2D eigenvalue weighted by Gasteiger charge is 2.41. The van der Waals surface area contributed by atoms with Gasteiger partial charge in [0, 0.05) is 17.3 Å². The van der Waals surface area contributed by atoms with Gasteiger partial charge in [0.15, 0.2) is 0 Å². The largest absolute Gasteiger partial charge is 0.479 e. The maximum atomic E-state index is 6.13. The van der Waals surface area contributed by atoms with Crippen LogP contribution in [0.5, 0.6) is 5.88 Å². The van der Waals surface area contributed by atoms with E-state index in [0.29, 0.717) is 5.88 Å². The lowest BCUT2D eigenvalue weighted by Crippen LogP contribution is -2.18. The highest BCUT2D eigenvalue weighted by molar-refractivity contribution is 5.84. The number of hydrogen-bond donors (Lipinski definition) is 2.